The first-order valence-corrected chi connectivity index (χ1v) is 6.48. The van der Waals surface area contributed by atoms with Gasteiger partial charge in [-0.2, -0.15) is 10.2 Å². The van der Waals surface area contributed by atoms with Gasteiger partial charge in [-0.25, -0.2) is 9.48 Å². The zero-order valence-electron chi connectivity index (χ0n) is 12.2. The molecule has 0 saturated heterocycles. The van der Waals surface area contributed by atoms with Gasteiger partial charge in [0, 0.05) is 12.2 Å². The quantitative estimate of drug-likeness (QED) is 0.845. The van der Waals surface area contributed by atoms with Crippen LogP contribution in [0.2, 0.25) is 0 Å². The Morgan fingerprint density at radius 1 is 1.32 bits per heavy atom. The van der Waals surface area contributed by atoms with Crippen LogP contribution in [-0.2, 0) is 12.1 Å². The Balaban J connectivity index is 2.24. The zero-order valence-corrected chi connectivity index (χ0v) is 12.2. The third-order valence-electron chi connectivity index (χ3n) is 2.89. The van der Waals surface area contributed by atoms with Crippen molar-refractivity contribution in [1.82, 2.24) is 24.1 Å². The summed E-state index contributed by atoms with van der Waals surface area (Å²) in [7, 11) is 0. The minimum atomic E-state index is -0.306. The van der Waals surface area contributed by atoms with Crippen molar-refractivity contribution in [3.05, 3.63) is 34.8 Å². The highest BCUT2D eigenvalue weighted by Crippen LogP contribution is 2.09. The minimum absolute atomic E-state index is 0.105. The van der Waals surface area contributed by atoms with Crippen molar-refractivity contribution >= 4 is 0 Å². The summed E-state index contributed by atoms with van der Waals surface area (Å²) in [5.41, 5.74) is 0.454. The SMILES string of the molecule is CC(C)n1ccc(Cn2cnn(C(C)(C)C)c2=O)n1. The van der Waals surface area contributed by atoms with Gasteiger partial charge in [0.2, 0.25) is 0 Å². The number of rotatable bonds is 3. The van der Waals surface area contributed by atoms with E-state index in [9.17, 15) is 4.79 Å². The van der Waals surface area contributed by atoms with E-state index >= 15 is 0 Å². The van der Waals surface area contributed by atoms with Crippen molar-refractivity contribution in [2.24, 2.45) is 0 Å². The van der Waals surface area contributed by atoms with E-state index in [1.165, 1.54) is 4.68 Å². The molecule has 0 bridgehead atoms. The second-order valence-electron chi connectivity index (χ2n) is 6.00. The Bertz CT molecular complexity index is 612. The van der Waals surface area contributed by atoms with Gasteiger partial charge in [-0.3, -0.25) is 9.25 Å². The van der Waals surface area contributed by atoms with Gasteiger partial charge in [-0.15, -0.1) is 0 Å². The molecule has 2 rings (SSSR count). The van der Waals surface area contributed by atoms with E-state index in [4.69, 9.17) is 0 Å². The highest BCUT2D eigenvalue weighted by atomic mass is 16.2. The van der Waals surface area contributed by atoms with Gasteiger partial charge >= 0.3 is 5.69 Å². The van der Waals surface area contributed by atoms with Crippen molar-refractivity contribution in [3.63, 3.8) is 0 Å². The summed E-state index contributed by atoms with van der Waals surface area (Å²) >= 11 is 0. The fraction of sp³-hybridized carbons (Fsp3) is 0.615. The first-order chi connectivity index (χ1) is 8.79. The van der Waals surface area contributed by atoms with Gasteiger partial charge in [0.05, 0.1) is 17.8 Å². The highest BCUT2D eigenvalue weighted by Gasteiger charge is 2.18. The summed E-state index contributed by atoms with van der Waals surface area (Å²) in [5, 5.41) is 8.60. The molecule has 104 valence electrons. The first-order valence-electron chi connectivity index (χ1n) is 6.48. The predicted octanol–water partition coefficient (Wildman–Crippen LogP) is 1.63. The van der Waals surface area contributed by atoms with Crippen LogP contribution in [0.25, 0.3) is 0 Å². The molecule has 2 heterocycles. The third-order valence-corrected chi connectivity index (χ3v) is 2.89. The van der Waals surface area contributed by atoms with Crippen LogP contribution in [0.1, 0.15) is 46.4 Å². The van der Waals surface area contributed by atoms with Gasteiger partial charge in [-0.1, -0.05) is 0 Å². The Hall–Kier alpha value is -1.85. The number of nitrogens with zero attached hydrogens (tertiary/aromatic N) is 5. The van der Waals surface area contributed by atoms with Crippen LogP contribution in [0.15, 0.2) is 23.4 Å². The molecule has 6 nitrogen and oxygen atoms in total. The summed E-state index contributed by atoms with van der Waals surface area (Å²) in [6.45, 7) is 10.5. The second kappa shape index (κ2) is 4.68. The zero-order chi connectivity index (χ0) is 14.2. The van der Waals surface area contributed by atoms with E-state index < -0.39 is 0 Å². The third kappa shape index (κ3) is 2.77. The molecule has 0 atom stereocenters. The van der Waals surface area contributed by atoms with Crippen molar-refractivity contribution in [1.29, 1.82) is 0 Å². The fourth-order valence-electron chi connectivity index (χ4n) is 1.83. The summed E-state index contributed by atoms with van der Waals surface area (Å²) in [6.07, 6.45) is 3.50. The van der Waals surface area contributed by atoms with E-state index in [0.29, 0.717) is 12.6 Å². The minimum Gasteiger partial charge on any atom is -0.275 e. The normalized spacial score (nSPS) is 12.3. The molecule has 0 aliphatic carbocycles. The monoisotopic (exact) mass is 263 g/mol. The molecular weight excluding hydrogens is 242 g/mol. The largest absolute Gasteiger partial charge is 0.346 e. The molecule has 2 aromatic heterocycles. The maximum Gasteiger partial charge on any atom is 0.346 e. The van der Waals surface area contributed by atoms with E-state index in [0.717, 1.165) is 5.69 Å². The Kier molecular flexibility index (Phi) is 3.34. The highest BCUT2D eigenvalue weighted by molar-refractivity contribution is 5.00. The van der Waals surface area contributed by atoms with Gasteiger partial charge in [-0.05, 0) is 40.7 Å². The molecule has 0 amide bonds. The van der Waals surface area contributed by atoms with Crippen LogP contribution < -0.4 is 5.69 Å². The van der Waals surface area contributed by atoms with E-state index in [2.05, 4.69) is 24.0 Å². The average molecular weight is 263 g/mol. The Labute approximate surface area is 112 Å². The van der Waals surface area contributed by atoms with Crippen LogP contribution in [0.4, 0.5) is 0 Å². The van der Waals surface area contributed by atoms with Crippen molar-refractivity contribution in [3.8, 4) is 0 Å². The Morgan fingerprint density at radius 2 is 2.00 bits per heavy atom. The molecule has 0 unspecified atom stereocenters. The topological polar surface area (TPSA) is 57.6 Å². The summed E-state index contributed by atoms with van der Waals surface area (Å²) in [6, 6.07) is 2.25. The first kappa shape index (κ1) is 13.6. The molecule has 19 heavy (non-hydrogen) atoms. The van der Waals surface area contributed by atoms with Crippen molar-refractivity contribution in [2.75, 3.05) is 0 Å². The lowest BCUT2D eigenvalue weighted by molar-refractivity contribution is 0.340. The number of hydrogen-bond acceptors (Lipinski definition) is 3. The molecule has 0 aromatic carbocycles. The molecule has 0 fully saturated rings. The maximum atomic E-state index is 12.2. The lowest BCUT2D eigenvalue weighted by Gasteiger charge is -2.16. The summed E-state index contributed by atoms with van der Waals surface area (Å²) in [4.78, 5) is 12.2. The lowest BCUT2D eigenvalue weighted by atomic mass is 10.1. The summed E-state index contributed by atoms with van der Waals surface area (Å²) in [5.74, 6) is 0. The fourth-order valence-corrected chi connectivity index (χ4v) is 1.83. The number of aromatic nitrogens is 5. The van der Waals surface area contributed by atoms with Crippen LogP contribution in [0.3, 0.4) is 0 Å². The van der Waals surface area contributed by atoms with E-state index in [-0.39, 0.29) is 11.2 Å². The molecule has 0 aliphatic heterocycles. The molecule has 6 heteroatoms. The molecule has 0 saturated carbocycles. The van der Waals surface area contributed by atoms with E-state index in [1.54, 1.807) is 10.9 Å². The summed E-state index contributed by atoms with van der Waals surface area (Å²) < 4.78 is 4.96. The molecule has 0 aliphatic rings. The number of hydrogen-bond donors (Lipinski definition) is 0. The average Bonchev–Trinajstić information content (AvgIpc) is 2.86. The van der Waals surface area contributed by atoms with Crippen LogP contribution in [-0.4, -0.2) is 24.1 Å². The van der Waals surface area contributed by atoms with Gasteiger partial charge in [0.15, 0.2) is 0 Å². The van der Waals surface area contributed by atoms with Gasteiger partial charge < -0.3 is 0 Å². The second-order valence-corrected chi connectivity index (χ2v) is 6.00. The molecule has 0 spiro atoms. The molecular formula is C13H21N5O. The molecule has 0 N–H and O–H groups in total. The van der Waals surface area contributed by atoms with E-state index in [1.807, 2.05) is 37.7 Å². The molecule has 2 aromatic rings. The van der Waals surface area contributed by atoms with Crippen LogP contribution in [0.5, 0.6) is 0 Å². The molecule has 0 radical (unpaired) electrons. The van der Waals surface area contributed by atoms with Crippen molar-refractivity contribution in [2.45, 2.75) is 52.7 Å². The lowest BCUT2D eigenvalue weighted by Crippen LogP contribution is -2.35. The Morgan fingerprint density at radius 3 is 2.47 bits per heavy atom. The van der Waals surface area contributed by atoms with Crippen LogP contribution in [0, 0.1) is 0 Å². The predicted molar refractivity (Wildman–Crippen MR) is 73.2 cm³/mol. The maximum absolute atomic E-state index is 12.2. The standard InChI is InChI=1S/C13H21N5O/c1-10(2)17-7-6-11(15-17)8-16-9-14-18(12(16)19)13(3,4)5/h6-7,9-10H,8H2,1-5H3. The smallest absolute Gasteiger partial charge is 0.275 e. The van der Waals surface area contributed by atoms with Gasteiger partial charge in [0.25, 0.3) is 0 Å². The van der Waals surface area contributed by atoms with Crippen molar-refractivity contribution < 1.29 is 0 Å². The van der Waals surface area contributed by atoms with Crippen LogP contribution >= 0.6 is 0 Å². The van der Waals surface area contributed by atoms with Gasteiger partial charge in [0.1, 0.15) is 6.33 Å².